The summed E-state index contributed by atoms with van der Waals surface area (Å²) in [6.07, 6.45) is 55.1. The number of carbonyl (C=O) groups excluding carboxylic acids is 3. The van der Waals surface area contributed by atoms with Crippen LogP contribution in [0.2, 0.25) is 0 Å². The quantitative estimate of drug-likeness (QED) is 0.0344. The number of esters is 3. The normalized spacial score (nSPS) is 12.5. The van der Waals surface area contributed by atoms with Crippen LogP contribution in [0.4, 0.5) is 0 Å². The third kappa shape index (κ3) is 51.6. The number of rotatable bonds is 53. The molecule has 0 aliphatic heterocycles. The molecule has 65 heavy (non-hydrogen) atoms. The summed E-state index contributed by atoms with van der Waals surface area (Å²) in [5, 5.41) is 0. The molecule has 0 rings (SSSR count). The first kappa shape index (κ1) is 63.4. The van der Waals surface area contributed by atoms with Crippen molar-refractivity contribution in [2.45, 2.75) is 336 Å². The Bertz CT molecular complexity index is 995. The standard InChI is InChI=1S/C59H114O6/c1-6-8-9-10-11-12-13-14-15-16-17-18-19-24-31-36-41-46-51-59(62)65-56(53-64-58(61)50-45-40-35-30-26-25-28-33-38-43-48-55(5)7-2)52-63-57(60)49-44-39-34-29-23-21-20-22-27-32-37-42-47-54(3)4/h54-56H,6-53H2,1-5H3/t55?,56-/m0/s1. The van der Waals surface area contributed by atoms with Crippen molar-refractivity contribution in [2.24, 2.45) is 11.8 Å². The van der Waals surface area contributed by atoms with Gasteiger partial charge in [0.15, 0.2) is 6.10 Å². The molecule has 0 amide bonds. The van der Waals surface area contributed by atoms with Crippen molar-refractivity contribution in [3.8, 4) is 0 Å². The third-order valence-electron chi connectivity index (χ3n) is 13.8. The van der Waals surface area contributed by atoms with Crippen LogP contribution >= 0.6 is 0 Å². The van der Waals surface area contributed by atoms with Crippen molar-refractivity contribution >= 4 is 17.9 Å². The van der Waals surface area contributed by atoms with Crippen LogP contribution in [0.1, 0.15) is 330 Å². The molecule has 386 valence electrons. The second kappa shape index (κ2) is 51.8. The summed E-state index contributed by atoms with van der Waals surface area (Å²) in [5.41, 5.74) is 0. The molecule has 2 atom stereocenters. The Balaban J connectivity index is 4.30. The molecule has 0 fully saturated rings. The fourth-order valence-corrected chi connectivity index (χ4v) is 9.02. The Kier molecular flexibility index (Phi) is 50.5. The predicted octanol–water partition coefficient (Wildman–Crippen LogP) is 19.3. The maximum Gasteiger partial charge on any atom is 0.306 e. The third-order valence-corrected chi connectivity index (χ3v) is 13.8. The highest BCUT2D eigenvalue weighted by atomic mass is 16.6. The summed E-state index contributed by atoms with van der Waals surface area (Å²) in [5.74, 6) is 0.864. The maximum absolute atomic E-state index is 12.9. The van der Waals surface area contributed by atoms with E-state index < -0.39 is 6.10 Å². The molecule has 0 radical (unpaired) electrons. The molecule has 6 heteroatoms. The molecule has 0 saturated carbocycles. The summed E-state index contributed by atoms with van der Waals surface area (Å²) < 4.78 is 16.9. The number of hydrogen-bond donors (Lipinski definition) is 0. The highest BCUT2D eigenvalue weighted by Gasteiger charge is 2.19. The Morgan fingerprint density at radius 2 is 0.585 bits per heavy atom. The van der Waals surface area contributed by atoms with Crippen LogP contribution in [0.3, 0.4) is 0 Å². The Hall–Kier alpha value is -1.59. The van der Waals surface area contributed by atoms with Gasteiger partial charge in [-0.2, -0.15) is 0 Å². The molecular weight excluding hydrogens is 805 g/mol. The van der Waals surface area contributed by atoms with Crippen molar-refractivity contribution in [1.82, 2.24) is 0 Å². The van der Waals surface area contributed by atoms with Crippen molar-refractivity contribution in [3.05, 3.63) is 0 Å². The number of unbranched alkanes of at least 4 members (excludes halogenated alkanes) is 37. The maximum atomic E-state index is 12.9. The van der Waals surface area contributed by atoms with Crippen LogP contribution in [0.15, 0.2) is 0 Å². The minimum Gasteiger partial charge on any atom is -0.462 e. The zero-order chi connectivity index (χ0) is 47.5. The van der Waals surface area contributed by atoms with E-state index in [2.05, 4.69) is 34.6 Å². The van der Waals surface area contributed by atoms with Gasteiger partial charge in [-0.25, -0.2) is 0 Å². The summed E-state index contributed by atoms with van der Waals surface area (Å²) >= 11 is 0. The Morgan fingerprint density at radius 1 is 0.323 bits per heavy atom. The monoisotopic (exact) mass is 919 g/mol. The van der Waals surface area contributed by atoms with Crippen LogP contribution in [0, 0.1) is 11.8 Å². The number of ether oxygens (including phenoxy) is 3. The second-order valence-corrected chi connectivity index (χ2v) is 21.0. The van der Waals surface area contributed by atoms with Crippen LogP contribution in [0.5, 0.6) is 0 Å². The average molecular weight is 920 g/mol. The second-order valence-electron chi connectivity index (χ2n) is 21.0. The minimum atomic E-state index is -0.763. The van der Waals surface area contributed by atoms with E-state index in [9.17, 15) is 14.4 Å². The lowest BCUT2D eigenvalue weighted by Gasteiger charge is -2.18. The van der Waals surface area contributed by atoms with Gasteiger partial charge < -0.3 is 14.2 Å². The lowest BCUT2D eigenvalue weighted by Crippen LogP contribution is -2.30. The molecule has 0 aliphatic rings. The minimum absolute atomic E-state index is 0.0629. The molecule has 0 spiro atoms. The summed E-state index contributed by atoms with van der Waals surface area (Å²) in [6, 6.07) is 0. The van der Waals surface area contributed by atoms with Crippen molar-refractivity contribution < 1.29 is 28.6 Å². The molecular formula is C59H114O6. The van der Waals surface area contributed by atoms with E-state index in [0.717, 1.165) is 69.6 Å². The molecule has 0 aromatic rings. The van der Waals surface area contributed by atoms with Gasteiger partial charge in [0.05, 0.1) is 0 Å². The van der Waals surface area contributed by atoms with Gasteiger partial charge in [-0.15, -0.1) is 0 Å². The summed E-state index contributed by atoms with van der Waals surface area (Å²) in [7, 11) is 0. The zero-order valence-electron chi connectivity index (χ0n) is 44.6. The first-order valence-electron chi connectivity index (χ1n) is 29.3. The van der Waals surface area contributed by atoms with Gasteiger partial charge in [-0.05, 0) is 31.1 Å². The summed E-state index contributed by atoms with van der Waals surface area (Å²) in [4.78, 5) is 38.2. The van der Waals surface area contributed by atoms with E-state index in [4.69, 9.17) is 14.2 Å². The van der Waals surface area contributed by atoms with Crippen LogP contribution < -0.4 is 0 Å². The lowest BCUT2D eigenvalue weighted by atomic mass is 9.99. The molecule has 0 saturated heterocycles. The van der Waals surface area contributed by atoms with E-state index in [0.29, 0.717) is 19.3 Å². The summed E-state index contributed by atoms with van der Waals surface area (Å²) in [6.45, 7) is 11.4. The van der Waals surface area contributed by atoms with Gasteiger partial charge in [-0.1, -0.05) is 291 Å². The fourth-order valence-electron chi connectivity index (χ4n) is 9.02. The van der Waals surface area contributed by atoms with E-state index in [1.807, 2.05) is 0 Å². The van der Waals surface area contributed by atoms with Gasteiger partial charge in [0.25, 0.3) is 0 Å². The van der Waals surface area contributed by atoms with Gasteiger partial charge in [0.1, 0.15) is 13.2 Å². The highest BCUT2D eigenvalue weighted by Crippen LogP contribution is 2.19. The number of carbonyl (C=O) groups is 3. The molecule has 0 N–H and O–H groups in total. The zero-order valence-corrected chi connectivity index (χ0v) is 44.6. The molecule has 1 unspecified atom stereocenters. The Morgan fingerprint density at radius 3 is 0.877 bits per heavy atom. The highest BCUT2D eigenvalue weighted by molar-refractivity contribution is 5.71. The molecule has 0 aromatic heterocycles. The van der Waals surface area contributed by atoms with Crippen molar-refractivity contribution in [1.29, 1.82) is 0 Å². The molecule has 0 aromatic carbocycles. The topological polar surface area (TPSA) is 78.9 Å². The van der Waals surface area contributed by atoms with E-state index in [-0.39, 0.29) is 31.1 Å². The smallest absolute Gasteiger partial charge is 0.306 e. The lowest BCUT2D eigenvalue weighted by molar-refractivity contribution is -0.167. The van der Waals surface area contributed by atoms with Crippen LogP contribution in [-0.4, -0.2) is 37.2 Å². The molecule has 0 bridgehead atoms. The van der Waals surface area contributed by atoms with Crippen LogP contribution in [0.25, 0.3) is 0 Å². The molecule has 0 aliphatic carbocycles. The van der Waals surface area contributed by atoms with Gasteiger partial charge in [-0.3, -0.25) is 14.4 Å². The molecule has 6 nitrogen and oxygen atoms in total. The van der Waals surface area contributed by atoms with Crippen molar-refractivity contribution in [2.75, 3.05) is 13.2 Å². The SMILES string of the molecule is CCCCCCCCCCCCCCCCCCCCC(=O)O[C@@H](COC(=O)CCCCCCCCCCCCCCC(C)C)COC(=O)CCCCCCCCCCCCC(C)CC. The largest absolute Gasteiger partial charge is 0.462 e. The number of hydrogen-bond acceptors (Lipinski definition) is 6. The van der Waals surface area contributed by atoms with Crippen LogP contribution in [-0.2, 0) is 28.6 Å². The van der Waals surface area contributed by atoms with Crippen molar-refractivity contribution in [3.63, 3.8) is 0 Å². The first-order valence-corrected chi connectivity index (χ1v) is 29.3. The van der Waals surface area contributed by atoms with E-state index >= 15 is 0 Å². The fraction of sp³-hybridized carbons (Fsp3) is 0.949. The molecule has 0 heterocycles. The van der Waals surface area contributed by atoms with Gasteiger partial charge in [0.2, 0.25) is 0 Å². The van der Waals surface area contributed by atoms with Gasteiger partial charge >= 0.3 is 17.9 Å². The van der Waals surface area contributed by atoms with E-state index in [1.165, 1.54) is 218 Å². The van der Waals surface area contributed by atoms with Gasteiger partial charge in [0, 0.05) is 19.3 Å². The first-order chi connectivity index (χ1) is 31.8. The van der Waals surface area contributed by atoms with E-state index in [1.54, 1.807) is 0 Å². The average Bonchev–Trinajstić information content (AvgIpc) is 3.29. The predicted molar refractivity (Wildman–Crippen MR) is 280 cm³/mol. The Labute approximate surface area is 406 Å².